The van der Waals surface area contributed by atoms with Gasteiger partial charge >= 0.3 is 11.9 Å². The molecule has 0 bridgehead atoms. The number of nitrogens with zero attached hydrogens (tertiary/aromatic N) is 1. The van der Waals surface area contributed by atoms with E-state index in [1.165, 1.54) is 17.7 Å². The van der Waals surface area contributed by atoms with E-state index in [2.05, 4.69) is 79.6 Å². The van der Waals surface area contributed by atoms with Crippen molar-refractivity contribution in [2.45, 2.75) is 45.3 Å². The van der Waals surface area contributed by atoms with Gasteiger partial charge in [0.05, 0.1) is 12.6 Å². The summed E-state index contributed by atoms with van der Waals surface area (Å²) >= 11 is 0. The molecule has 1 aliphatic rings. The molecular weight excluding hydrogens is 438 g/mol. The Labute approximate surface area is 208 Å². The fourth-order valence-electron chi connectivity index (χ4n) is 3.97. The van der Waals surface area contributed by atoms with Crippen LogP contribution in [0.5, 0.6) is 0 Å². The molecule has 1 unspecified atom stereocenters. The van der Waals surface area contributed by atoms with Crippen molar-refractivity contribution in [3.63, 3.8) is 0 Å². The van der Waals surface area contributed by atoms with Crippen LogP contribution >= 0.6 is 0 Å². The molecule has 0 saturated carbocycles. The van der Waals surface area contributed by atoms with Gasteiger partial charge in [-0.15, -0.1) is 0 Å². The molecule has 3 rings (SSSR count). The van der Waals surface area contributed by atoms with E-state index >= 15 is 0 Å². The van der Waals surface area contributed by atoms with Crippen LogP contribution in [0.25, 0.3) is 0 Å². The molecule has 182 valence electrons. The molecule has 0 spiro atoms. The number of ether oxygens (including phenoxy) is 2. The molecule has 0 radical (unpaired) electrons. The van der Waals surface area contributed by atoms with Crippen LogP contribution in [0.3, 0.4) is 0 Å². The van der Waals surface area contributed by atoms with Crippen molar-refractivity contribution < 1.29 is 19.1 Å². The maximum atomic E-state index is 11.7. The van der Waals surface area contributed by atoms with Crippen LogP contribution < -0.4 is 4.90 Å². The van der Waals surface area contributed by atoms with Gasteiger partial charge in [0.2, 0.25) is 0 Å². The molecule has 1 aliphatic carbocycles. The molecule has 5 heteroatoms. The van der Waals surface area contributed by atoms with Gasteiger partial charge in [-0.3, -0.25) is 0 Å². The highest BCUT2D eigenvalue weighted by molar-refractivity contribution is 5.82. The van der Waals surface area contributed by atoms with Gasteiger partial charge < -0.3 is 14.4 Å². The van der Waals surface area contributed by atoms with Gasteiger partial charge in [-0.2, -0.15) is 0 Å². The number of hydrogen-bond acceptors (Lipinski definition) is 5. The average molecular weight is 472 g/mol. The van der Waals surface area contributed by atoms with Crippen LogP contribution in [0.2, 0.25) is 0 Å². The van der Waals surface area contributed by atoms with Gasteiger partial charge in [-0.25, -0.2) is 9.59 Å². The van der Waals surface area contributed by atoms with Crippen molar-refractivity contribution in [3.05, 3.63) is 109 Å². The maximum Gasteiger partial charge on any atom is 0.331 e. The fraction of sp³-hybridized carbons (Fsp3) is 0.267. The molecule has 0 aliphatic heterocycles. The first-order valence-electron chi connectivity index (χ1n) is 11.7. The van der Waals surface area contributed by atoms with E-state index in [9.17, 15) is 9.59 Å². The summed E-state index contributed by atoms with van der Waals surface area (Å²) in [5.74, 6) is -0.860. The van der Waals surface area contributed by atoms with Gasteiger partial charge in [-0.1, -0.05) is 61.2 Å². The monoisotopic (exact) mass is 471 g/mol. The molecule has 2 aromatic rings. The summed E-state index contributed by atoms with van der Waals surface area (Å²) in [4.78, 5) is 25.3. The van der Waals surface area contributed by atoms with E-state index in [0.29, 0.717) is 13.0 Å². The lowest BCUT2D eigenvalue weighted by Gasteiger charge is -2.34. The van der Waals surface area contributed by atoms with Gasteiger partial charge in [0.25, 0.3) is 0 Å². The molecule has 5 nitrogen and oxygen atoms in total. The lowest BCUT2D eigenvalue weighted by molar-refractivity contribution is -0.151. The largest absolute Gasteiger partial charge is 0.462 e. The Morgan fingerprint density at radius 3 is 2.14 bits per heavy atom. The minimum atomic E-state index is -0.768. The van der Waals surface area contributed by atoms with Crippen molar-refractivity contribution in [2.24, 2.45) is 0 Å². The van der Waals surface area contributed by atoms with Crippen molar-refractivity contribution in [1.29, 1.82) is 0 Å². The fourth-order valence-corrected chi connectivity index (χ4v) is 3.97. The summed E-state index contributed by atoms with van der Waals surface area (Å²) in [5, 5.41) is 0. The normalized spacial score (nSPS) is 15.1. The SMILES string of the molecule is C=CC(=O)OCCc1ccc(N(c2ccc(C(C)(C)OC(=O)C=C)cc2)C2C=CC(C)=CC2)cc1. The van der Waals surface area contributed by atoms with Crippen LogP contribution in [-0.4, -0.2) is 24.6 Å². The molecule has 1 atom stereocenters. The Morgan fingerprint density at radius 1 is 1.00 bits per heavy atom. The predicted octanol–water partition coefficient (Wildman–Crippen LogP) is 6.34. The highest BCUT2D eigenvalue weighted by Gasteiger charge is 2.25. The van der Waals surface area contributed by atoms with Crippen molar-refractivity contribution >= 4 is 23.3 Å². The number of allylic oxidation sites excluding steroid dienone is 2. The standard InChI is InChI=1S/C30H33NO4/c1-6-28(32)34-21-20-23-10-16-26(17-11-23)31(25-14-8-22(3)9-15-25)27-18-12-24(13-19-27)30(4,5)35-29(33)7-2/h6-14,16-19,25H,1-2,15,20-21H2,3-5H3. The first-order valence-corrected chi connectivity index (χ1v) is 11.7. The van der Waals surface area contributed by atoms with Crippen molar-refractivity contribution in [1.82, 2.24) is 0 Å². The zero-order valence-corrected chi connectivity index (χ0v) is 20.7. The Bertz CT molecular complexity index is 1120. The van der Waals surface area contributed by atoms with Crippen LogP contribution in [0, 0.1) is 0 Å². The quantitative estimate of drug-likeness (QED) is 0.299. The van der Waals surface area contributed by atoms with Gasteiger partial charge in [-0.05, 0) is 62.6 Å². The average Bonchev–Trinajstić information content (AvgIpc) is 2.86. The van der Waals surface area contributed by atoms with E-state index in [0.717, 1.165) is 28.9 Å². The van der Waals surface area contributed by atoms with Crippen LogP contribution in [0.1, 0.15) is 38.3 Å². The van der Waals surface area contributed by atoms with Crippen molar-refractivity contribution in [2.75, 3.05) is 11.5 Å². The summed E-state index contributed by atoms with van der Waals surface area (Å²) in [6, 6.07) is 16.6. The molecule has 0 aromatic heterocycles. The first-order chi connectivity index (χ1) is 16.7. The number of benzene rings is 2. The van der Waals surface area contributed by atoms with E-state index < -0.39 is 17.5 Å². The Balaban J connectivity index is 1.85. The van der Waals surface area contributed by atoms with E-state index in [4.69, 9.17) is 9.47 Å². The minimum absolute atomic E-state index is 0.163. The summed E-state index contributed by atoms with van der Waals surface area (Å²) in [6.07, 6.45) is 10.5. The number of anilines is 2. The zero-order valence-electron chi connectivity index (χ0n) is 20.7. The molecule has 0 N–H and O–H groups in total. The van der Waals surface area contributed by atoms with Crippen molar-refractivity contribution in [3.8, 4) is 0 Å². The number of rotatable bonds is 10. The maximum absolute atomic E-state index is 11.7. The predicted molar refractivity (Wildman–Crippen MR) is 140 cm³/mol. The van der Waals surface area contributed by atoms with Crippen LogP contribution in [-0.2, 0) is 31.1 Å². The molecule has 35 heavy (non-hydrogen) atoms. The summed E-state index contributed by atoms with van der Waals surface area (Å²) in [6.45, 7) is 13.0. The van der Waals surface area contributed by atoms with E-state index in [-0.39, 0.29) is 6.04 Å². The zero-order chi connectivity index (χ0) is 25.4. The summed E-state index contributed by atoms with van der Waals surface area (Å²) in [5.41, 5.74) is 4.57. The van der Waals surface area contributed by atoms with Crippen LogP contribution in [0.15, 0.2) is 97.6 Å². The second-order valence-corrected chi connectivity index (χ2v) is 8.95. The Hall–Kier alpha value is -3.86. The van der Waals surface area contributed by atoms with Gasteiger partial charge in [0.1, 0.15) is 5.60 Å². The van der Waals surface area contributed by atoms with Gasteiger partial charge in [0.15, 0.2) is 0 Å². The minimum Gasteiger partial charge on any atom is -0.462 e. The Morgan fingerprint density at radius 2 is 1.60 bits per heavy atom. The number of hydrogen-bond donors (Lipinski definition) is 0. The first kappa shape index (κ1) is 25.8. The lowest BCUT2D eigenvalue weighted by atomic mass is 9.96. The third-order valence-electron chi connectivity index (χ3n) is 5.97. The Kier molecular flexibility index (Phi) is 8.48. The van der Waals surface area contributed by atoms with E-state index in [1.807, 2.05) is 26.0 Å². The molecule has 0 heterocycles. The highest BCUT2D eigenvalue weighted by Crippen LogP contribution is 2.34. The third kappa shape index (κ3) is 6.82. The molecule has 0 amide bonds. The smallest absolute Gasteiger partial charge is 0.331 e. The van der Waals surface area contributed by atoms with Crippen LogP contribution in [0.4, 0.5) is 11.4 Å². The summed E-state index contributed by atoms with van der Waals surface area (Å²) < 4.78 is 10.6. The lowest BCUT2D eigenvalue weighted by Crippen LogP contribution is -2.30. The molecule has 0 fully saturated rings. The second-order valence-electron chi connectivity index (χ2n) is 8.95. The second kappa shape index (κ2) is 11.5. The topological polar surface area (TPSA) is 55.8 Å². The molecule has 0 saturated heterocycles. The molecule has 2 aromatic carbocycles. The van der Waals surface area contributed by atoms with E-state index in [1.54, 1.807) is 0 Å². The number of esters is 2. The van der Waals surface area contributed by atoms with Gasteiger partial charge in [0, 0.05) is 29.9 Å². The number of carbonyl (C=O) groups excluding carboxylic acids is 2. The number of carbonyl (C=O) groups is 2. The highest BCUT2D eigenvalue weighted by atomic mass is 16.6. The molecular formula is C30H33NO4. The summed E-state index contributed by atoms with van der Waals surface area (Å²) in [7, 11) is 0. The third-order valence-corrected chi connectivity index (χ3v) is 5.97.